The maximum Gasteiger partial charge on any atom is 0.494 e. The molecule has 3 nitrogen and oxygen atoms in total. The van der Waals surface area contributed by atoms with Crippen molar-refractivity contribution < 1.29 is 9.31 Å². The molecule has 0 amide bonds. The van der Waals surface area contributed by atoms with Gasteiger partial charge in [-0.05, 0) is 74.3 Å². The Balaban J connectivity index is 1.30. The van der Waals surface area contributed by atoms with Crippen LogP contribution >= 0.6 is 11.3 Å². The maximum absolute atomic E-state index is 6.35. The maximum atomic E-state index is 6.35. The van der Waals surface area contributed by atoms with E-state index in [-0.39, 0.29) is 18.3 Å². The van der Waals surface area contributed by atoms with Crippen molar-refractivity contribution in [1.29, 1.82) is 0 Å². The van der Waals surface area contributed by atoms with E-state index in [0.717, 1.165) is 5.46 Å². The molecule has 0 aliphatic carbocycles. The monoisotopic (exact) mass is 523 g/mol. The molecule has 0 unspecified atom stereocenters. The van der Waals surface area contributed by atoms with Crippen LogP contribution in [0.2, 0.25) is 0 Å². The zero-order valence-corrected chi connectivity index (χ0v) is 23.1. The molecule has 9 rings (SSSR count). The molecule has 0 radical (unpaired) electrons. The lowest BCUT2D eigenvalue weighted by Crippen LogP contribution is -2.41. The molecule has 0 N–H and O–H groups in total. The van der Waals surface area contributed by atoms with Gasteiger partial charge in [-0.3, -0.25) is 0 Å². The summed E-state index contributed by atoms with van der Waals surface area (Å²) in [5.74, 6) is 0. The van der Waals surface area contributed by atoms with Gasteiger partial charge in [0.05, 0.1) is 27.8 Å². The summed E-state index contributed by atoms with van der Waals surface area (Å²) in [4.78, 5) is 0. The Bertz CT molecular complexity index is 2290. The number of benzene rings is 5. The molecule has 1 aliphatic heterocycles. The lowest BCUT2D eigenvalue weighted by atomic mass is 9.79. The number of thiophene rings is 1. The Kier molecular flexibility index (Phi) is 4.05. The average Bonchev–Trinajstić information content (AvgIpc) is 3.62. The summed E-state index contributed by atoms with van der Waals surface area (Å²) in [5, 5.41) is 10.5. The van der Waals surface area contributed by atoms with E-state index < -0.39 is 0 Å². The van der Waals surface area contributed by atoms with Crippen LogP contribution in [0.4, 0.5) is 0 Å². The normalized spacial score (nSPS) is 17.4. The van der Waals surface area contributed by atoms with Gasteiger partial charge in [0.15, 0.2) is 0 Å². The zero-order chi connectivity index (χ0) is 26.3. The second kappa shape index (κ2) is 7.11. The molecule has 8 aromatic rings. The van der Waals surface area contributed by atoms with E-state index in [1.165, 1.54) is 69.0 Å². The first-order chi connectivity index (χ1) is 18.8. The number of aromatic nitrogens is 1. The summed E-state index contributed by atoms with van der Waals surface area (Å²) in [7, 11) is -0.350. The van der Waals surface area contributed by atoms with Crippen molar-refractivity contribution in [2.24, 2.45) is 0 Å². The van der Waals surface area contributed by atoms with Gasteiger partial charge in [0.25, 0.3) is 0 Å². The third-order valence-electron chi connectivity index (χ3n) is 9.34. The van der Waals surface area contributed by atoms with E-state index in [2.05, 4.69) is 117 Å². The van der Waals surface area contributed by atoms with Crippen LogP contribution in [0.5, 0.6) is 0 Å². The first-order valence-corrected chi connectivity index (χ1v) is 14.4. The second-order valence-electron chi connectivity index (χ2n) is 12.0. The molecular formula is C34H26BNO2S. The molecule has 5 heteroatoms. The Hall–Kier alpha value is -3.64. The SMILES string of the molecule is CC1(C)OB(c2ccc3c(c2)sc2cc4c(ccc5c4c4cccc6c7ccccc7n5c64)cc23)OC1(C)C. The van der Waals surface area contributed by atoms with E-state index in [1.54, 1.807) is 0 Å². The molecular weight excluding hydrogens is 497 g/mol. The number of rotatable bonds is 1. The largest absolute Gasteiger partial charge is 0.494 e. The van der Waals surface area contributed by atoms with Crippen LogP contribution in [0.3, 0.4) is 0 Å². The number of hydrogen-bond donors (Lipinski definition) is 0. The molecule has 5 aromatic carbocycles. The van der Waals surface area contributed by atoms with E-state index >= 15 is 0 Å². The van der Waals surface area contributed by atoms with Crippen molar-refractivity contribution in [2.75, 3.05) is 0 Å². The molecule has 0 saturated carbocycles. The summed E-state index contributed by atoms with van der Waals surface area (Å²) < 4.78 is 17.7. The van der Waals surface area contributed by atoms with Crippen LogP contribution < -0.4 is 5.46 Å². The molecule has 3 aromatic heterocycles. The highest BCUT2D eigenvalue weighted by Crippen LogP contribution is 2.44. The van der Waals surface area contributed by atoms with E-state index in [9.17, 15) is 0 Å². The van der Waals surface area contributed by atoms with Gasteiger partial charge in [-0.1, -0.05) is 54.6 Å². The van der Waals surface area contributed by atoms with Crippen molar-refractivity contribution >= 4 is 93.0 Å². The molecule has 0 spiro atoms. The highest BCUT2D eigenvalue weighted by atomic mass is 32.1. The number of para-hydroxylation sites is 2. The highest BCUT2D eigenvalue weighted by Gasteiger charge is 2.51. The third kappa shape index (κ3) is 2.75. The smallest absolute Gasteiger partial charge is 0.399 e. The van der Waals surface area contributed by atoms with Gasteiger partial charge in [0.1, 0.15) is 0 Å². The molecule has 1 saturated heterocycles. The van der Waals surface area contributed by atoms with E-state index in [1.807, 2.05) is 11.3 Å². The standard InChI is InChI=1S/C34H26BNO2S/c1-33(2)34(3,4)38-35(37-33)20-13-14-22-26-16-19-12-15-28-31(25(19)18-30(26)39-29(22)17-20)24-10-7-9-23-21-8-5-6-11-27(21)36(28)32(23)24/h5-18H,1-4H3. The first kappa shape index (κ1) is 22.2. The van der Waals surface area contributed by atoms with Crippen molar-refractivity contribution in [3.05, 3.63) is 84.9 Å². The first-order valence-electron chi connectivity index (χ1n) is 13.6. The van der Waals surface area contributed by atoms with Crippen LogP contribution in [0.25, 0.3) is 69.0 Å². The lowest BCUT2D eigenvalue weighted by Gasteiger charge is -2.32. The quantitative estimate of drug-likeness (QED) is 0.201. The van der Waals surface area contributed by atoms with Gasteiger partial charge in [-0.15, -0.1) is 11.3 Å². The topological polar surface area (TPSA) is 22.9 Å². The number of hydrogen-bond acceptors (Lipinski definition) is 3. The lowest BCUT2D eigenvalue weighted by molar-refractivity contribution is 0.00578. The minimum Gasteiger partial charge on any atom is -0.399 e. The average molecular weight is 523 g/mol. The van der Waals surface area contributed by atoms with Crippen molar-refractivity contribution in [2.45, 2.75) is 38.9 Å². The predicted molar refractivity (Wildman–Crippen MR) is 167 cm³/mol. The molecule has 1 fully saturated rings. The van der Waals surface area contributed by atoms with Gasteiger partial charge >= 0.3 is 7.12 Å². The minimum absolute atomic E-state index is 0.349. The molecule has 0 bridgehead atoms. The van der Waals surface area contributed by atoms with Gasteiger partial charge in [0, 0.05) is 41.7 Å². The van der Waals surface area contributed by atoms with Gasteiger partial charge < -0.3 is 13.7 Å². The summed E-state index contributed by atoms with van der Waals surface area (Å²) >= 11 is 1.86. The number of nitrogens with zero attached hydrogens (tertiary/aromatic N) is 1. The summed E-state index contributed by atoms with van der Waals surface area (Å²) in [6, 6.07) is 31.6. The Morgan fingerprint density at radius 1 is 0.615 bits per heavy atom. The van der Waals surface area contributed by atoms with Crippen LogP contribution in [-0.4, -0.2) is 22.7 Å². The van der Waals surface area contributed by atoms with E-state index in [0.29, 0.717) is 0 Å². The van der Waals surface area contributed by atoms with Crippen LogP contribution in [-0.2, 0) is 9.31 Å². The van der Waals surface area contributed by atoms with Crippen molar-refractivity contribution in [3.8, 4) is 0 Å². The van der Waals surface area contributed by atoms with Gasteiger partial charge in [-0.25, -0.2) is 0 Å². The summed E-state index contributed by atoms with van der Waals surface area (Å²) in [6.45, 7) is 8.42. The molecule has 1 aliphatic rings. The Morgan fingerprint density at radius 2 is 1.36 bits per heavy atom. The number of fused-ring (bicyclic) bond motifs is 11. The molecule has 39 heavy (non-hydrogen) atoms. The fourth-order valence-corrected chi connectivity index (χ4v) is 7.84. The molecule has 0 atom stereocenters. The van der Waals surface area contributed by atoms with E-state index in [4.69, 9.17) is 9.31 Å². The van der Waals surface area contributed by atoms with Gasteiger partial charge in [-0.2, -0.15) is 0 Å². The highest BCUT2D eigenvalue weighted by molar-refractivity contribution is 7.26. The Morgan fingerprint density at radius 3 is 2.21 bits per heavy atom. The molecule has 4 heterocycles. The zero-order valence-electron chi connectivity index (χ0n) is 22.3. The third-order valence-corrected chi connectivity index (χ3v) is 10.5. The molecule has 188 valence electrons. The fourth-order valence-electron chi connectivity index (χ4n) is 6.67. The van der Waals surface area contributed by atoms with Crippen LogP contribution in [0.1, 0.15) is 27.7 Å². The Labute approximate surface area is 230 Å². The van der Waals surface area contributed by atoms with Crippen molar-refractivity contribution in [3.63, 3.8) is 0 Å². The summed E-state index contributed by atoms with van der Waals surface area (Å²) in [6.07, 6.45) is 0. The van der Waals surface area contributed by atoms with Crippen LogP contribution in [0, 0.1) is 0 Å². The van der Waals surface area contributed by atoms with Gasteiger partial charge in [0.2, 0.25) is 0 Å². The predicted octanol–water partition coefficient (Wildman–Crippen LogP) is 8.66. The minimum atomic E-state index is -0.350. The fraction of sp³-hybridized carbons (Fsp3) is 0.176. The second-order valence-corrected chi connectivity index (χ2v) is 13.1. The van der Waals surface area contributed by atoms with Crippen LogP contribution in [0.15, 0.2) is 84.9 Å². The van der Waals surface area contributed by atoms with Crippen molar-refractivity contribution in [1.82, 2.24) is 4.40 Å². The summed E-state index contributed by atoms with van der Waals surface area (Å²) in [5.41, 5.74) is 4.26.